The quantitative estimate of drug-likeness (QED) is 0.898. The summed E-state index contributed by atoms with van der Waals surface area (Å²) in [5.74, 6) is -0.0247. The molecule has 2 aliphatic heterocycles. The number of likely N-dealkylation sites (tertiary alicyclic amines) is 1. The first-order valence-corrected chi connectivity index (χ1v) is 9.62. The van der Waals surface area contributed by atoms with E-state index < -0.39 is 0 Å². The molecule has 1 aromatic carbocycles. The van der Waals surface area contributed by atoms with E-state index in [0.29, 0.717) is 25.3 Å². The Morgan fingerprint density at radius 3 is 2.63 bits per heavy atom. The van der Waals surface area contributed by atoms with Gasteiger partial charge in [0.05, 0.1) is 6.54 Å². The highest BCUT2D eigenvalue weighted by Gasteiger charge is 2.31. The maximum absolute atomic E-state index is 12.8. The fourth-order valence-electron chi connectivity index (χ4n) is 3.87. The maximum atomic E-state index is 12.8. The lowest BCUT2D eigenvalue weighted by Gasteiger charge is -2.40. The molecule has 1 N–H and O–H groups in total. The van der Waals surface area contributed by atoms with Gasteiger partial charge >= 0.3 is 6.03 Å². The van der Waals surface area contributed by atoms with Crippen molar-refractivity contribution in [2.75, 3.05) is 26.2 Å². The van der Waals surface area contributed by atoms with Crippen LogP contribution < -0.4 is 5.32 Å². The first-order valence-electron chi connectivity index (χ1n) is 9.62. The molecule has 0 spiro atoms. The zero-order chi connectivity index (χ0) is 18.6. The predicted octanol–water partition coefficient (Wildman–Crippen LogP) is 1.95. The van der Waals surface area contributed by atoms with Crippen molar-refractivity contribution in [3.63, 3.8) is 0 Å². The Kier molecular flexibility index (Phi) is 5.09. The standard InChI is InChI=1S/C20H25N5O2/c26-19(18-9-14-24(22-18)15-16-5-2-1-3-6-16)23-12-7-17(8-13-23)25-11-4-10-21-20(25)27/h1-3,5-6,9,14,17H,4,7-8,10-13,15H2,(H,21,27). The number of carbonyl (C=O) groups excluding carboxylic acids is 2. The van der Waals surface area contributed by atoms with E-state index in [9.17, 15) is 9.59 Å². The van der Waals surface area contributed by atoms with E-state index in [0.717, 1.165) is 37.9 Å². The van der Waals surface area contributed by atoms with Gasteiger partial charge < -0.3 is 15.1 Å². The molecule has 0 bridgehead atoms. The SMILES string of the molecule is O=C(c1ccn(Cc2ccccc2)n1)N1CCC(N2CCCNC2=O)CC1. The number of hydrogen-bond donors (Lipinski definition) is 1. The van der Waals surface area contributed by atoms with Gasteiger partial charge in [-0.1, -0.05) is 30.3 Å². The molecule has 1 aromatic heterocycles. The number of urea groups is 1. The topological polar surface area (TPSA) is 70.5 Å². The van der Waals surface area contributed by atoms with Gasteiger partial charge in [0, 0.05) is 38.4 Å². The maximum Gasteiger partial charge on any atom is 0.317 e. The minimum absolute atomic E-state index is 0.0247. The average Bonchev–Trinajstić information content (AvgIpc) is 3.17. The van der Waals surface area contributed by atoms with Gasteiger partial charge in [-0.2, -0.15) is 5.10 Å². The minimum atomic E-state index is -0.0247. The molecule has 2 aromatic rings. The number of rotatable bonds is 4. The molecule has 0 atom stereocenters. The van der Waals surface area contributed by atoms with E-state index in [-0.39, 0.29) is 18.0 Å². The zero-order valence-electron chi connectivity index (χ0n) is 15.4. The number of carbonyl (C=O) groups is 2. The van der Waals surface area contributed by atoms with Crippen LogP contribution in [-0.4, -0.2) is 63.7 Å². The normalized spacial score (nSPS) is 18.4. The van der Waals surface area contributed by atoms with E-state index in [2.05, 4.69) is 10.4 Å². The summed E-state index contributed by atoms with van der Waals surface area (Å²) in [5, 5.41) is 7.36. The van der Waals surface area contributed by atoms with Crippen LogP contribution >= 0.6 is 0 Å². The third kappa shape index (κ3) is 3.97. The summed E-state index contributed by atoms with van der Waals surface area (Å²) in [7, 11) is 0. The lowest BCUT2D eigenvalue weighted by atomic mass is 10.0. The van der Waals surface area contributed by atoms with Gasteiger partial charge in [-0.3, -0.25) is 9.48 Å². The molecular weight excluding hydrogens is 342 g/mol. The molecule has 27 heavy (non-hydrogen) atoms. The van der Waals surface area contributed by atoms with Gasteiger partial charge in [0.1, 0.15) is 5.69 Å². The van der Waals surface area contributed by atoms with Crippen molar-refractivity contribution in [1.29, 1.82) is 0 Å². The second kappa shape index (κ2) is 7.82. The summed E-state index contributed by atoms with van der Waals surface area (Å²) in [4.78, 5) is 28.6. The third-order valence-electron chi connectivity index (χ3n) is 5.35. The Balaban J connectivity index is 1.33. The van der Waals surface area contributed by atoms with Gasteiger partial charge in [-0.25, -0.2) is 4.79 Å². The number of aromatic nitrogens is 2. The number of piperidine rings is 1. The van der Waals surface area contributed by atoms with E-state index in [1.165, 1.54) is 0 Å². The highest BCUT2D eigenvalue weighted by Crippen LogP contribution is 2.20. The van der Waals surface area contributed by atoms with Gasteiger partial charge in [0.15, 0.2) is 0 Å². The lowest BCUT2D eigenvalue weighted by Crippen LogP contribution is -2.54. The number of hydrogen-bond acceptors (Lipinski definition) is 3. The number of benzene rings is 1. The molecule has 142 valence electrons. The summed E-state index contributed by atoms with van der Waals surface area (Å²) < 4.78 is 1.80. The molecule has 0 radical (unpaired) electrons. The van der Waals surface area contributed by atoms with Crippen LogP contribution in [0.4, 0.5) is 4.79 Å². The van der Waals surface area contributed by atoms with Crippen molar-refractivity contribution in [2.45, 2.75) is 31.8 Å². The Labute approximate surface area is 158 Å². The first-order chi connectivity index (χ1) is 13.2. The third-order valence-corrected chi connectivity index (χ3v) is 5.35. The molecule has 2 fully saturated rings. The summed E-state index contributed by atoms with van der Waals surface area (Å²) in [6.07, 6.45) is 4.49. The second-order valence-corrected chi connectivity index (χ2v) is 7.19. The summed E-state index contributed by atoms with van der Waals surface area (Å²) in [6.45, 7) is 3.56. The highest BCUT2D eigenvalue weighted by atomic mass is 16.2. The molecule has 0 saturated carbocycles. The van der Waals surface area contributed by atoms with Gasteiger partial charge in [-0.15, -0.1) is 0 Å². The lowest BCUT2D eigenvalue weighted by molar-refractivity contribution is 0.0636. The van der Waals surface area contributed by atoms with Crippen molar-refractivity contribution < 1.29 is 9.59 Å². The Morgan fingerprint density at radius 1 is 1.11 bits per heavy atom. The molecule has 4 rings (SSSR count). The van der Waals surface area contributed by atoms with Crippen LogP contribution in [0.5, 0.6) is 0 Å². The number of amides is 3. The zero-order valence-corrected chi connectivity index (χ0v) is 15.4. The van der Waals surface area contributed by atoms with Crippen molar-refractivity contribution in [2.24, 2.45) is 0 Å². The van der Waals surface area contributed by atoms with E-state index in [4.69, 9.17) is 0 Å². The molecule has 3 amide bonds. The molecule has 3 heterocycles. The molecule has 7 nitrogen and oxygen atoms in total. The van der Waals surface area contributed by atoms with Crippen molar-refractivity contribution in [1.82, 2.24) is 24.9 Å². The molecule has 7 heteroatoms. The van der Waals surface area contributed by atoms with Crippen LogP contribution in [0.1, 0.15) is 35.3 Å². The highest BCUT2D eigenvalue weighted by molar-refractivity contribution is 5.92. The predicted molar refractivity (Wildman–Crippen MR) is 101 cm³/mol. The molecule has 0 aliphatic carbocycles. The number of nitrogens with zero attached hydrogens (tertiary/aromatic N) is 4. The van der Waals surface area contributed by atoms with E-state index in [1.54, 1.807) is 10.7 Å². The Hall–Kier alpha value is -2.83. The minimum Gasteiger partial charge on any atom is -0.338 e. The van der Waals surface area contributed by atoms with Crippen LogP contribution in [-0.2, 0) is 6.54 Å². The smallest absolute Gasteiger partial charge is 0.317 e. The van der Waals surface area contributed by atoms with Crippen LogP contribution in [0, 0.1) is 0 Å². The fraction of sp³-hybridized carbons (Fsp3) is 0.450. The second-order valence-electron chi connectivity index (χ2n) is 7.19. The first kappa shape index (κ1) is 17.6. The van der Waals surface area contributed by atoms with Gasteiger partial charge in [0.25, 0.3) is 5.91 Å². The van der Waals surface area contributed by atoms with Crippen molar-refractivity contribution in [3.8, 4) is 0 Å². The molecule has 2 saturated heterocycles. The molecular formula is C20H25N5O2. The largest absolute Gasteiger partial charge is 0.338 e. The van der Waals surface area contributed by atoms with Crippen LogP contribution in [0.3, 0.4) is 0 Å². The van der Waals surface area contributed by atoms with Crippen molar-refractivity contribution in [3.05, 3.63) is 53.9 Å². The summed E-state index contributed by atoms with van der Waals surface area (Å²) >= 11 is 0. The van der Waals surface area contributed by atoms with Crippen LogP contribution in [0.15, 0.2) is 42.6 Å². The summed E-state index contributed by atoms with van der Waals surface area (Å²) in [5.41, 5.74) is 1.64. The monoisotopic (exact) mass is 367 g/mol. The van der Waals surface area contributed by atoms with Crippen LogP contribution in [0.2, 0.25) is 0 Å². The van der Waals surface area contributed by atoms with Gasteiger partial charge in [0.2, 0.25) is 0 Å². The Bertz CT molecular complexity index is 796. The molecule has 2 aliphatic rings. The Morgan fingerprint density at radius 2 is 1.89 bits per heavy atom. The van der Waals surface area contributed by atoms with E-state index >= 15 is 0 Å². The van der Waals surface area contributed by atoms with Crippen LogP contribution in [0.25, 0.3) is 0 Å². The van der Waals surface area contributed by atoms with Gasteiger partial charge in [-0.05, 0) is 30.9 Å². The molecule has 0 unspecified atom stereocenters. The fourth-order valence-corrected chi connectivity index (χ4v) is 3.87. The van der Waals surface area contributed by atoms with E-state index in [1.807, 2.05) is 46.3 Å². The average molecular weight is 367 g/mol. The number of nitrogens with one attached hydrogen (secondary N) is 1. The van der Waals surface area contributed by atoms with Crippen molar-refractivity contribution >= 4 is 11.9 Å². The summed E-state index contributed by atoms with van der Waals surface area (Å²) in [6, 6.07) is 12.1.